The quantitative estimate of drug-likeness (QED) is 0.495. The van der Waals surface area contributed by atoms with Crippen molar-refractivity contribution >= 4 is 35.4 Å². The SMILES string of the molecule is CC(C)C[C@H](NC(=O)OCc1cccc(Cl)c1)C(=O)NC(CC(=O)O)C(=O)CF. The van der Waals surface area contributed by atoms with E-state index in [9.17, 15) is 23.6 Å². The summed E-state index contributed by atoms with van der Waals surface area (Å²) in [6.45, 7) is 2.12. The number of Topliss-reactive ketones (excluding diaryl/α,β-unsaturated/α-hetero) is 1. The molecule has 8 nitrogen and oxygen atoms in total. The van der Waals surface area contributed by atoms with Crippen molar-refractivity contribution < 1.29 is 33.4 Å². The number of carboxylic acids is 1. The number of hydrogen-bond acceptors (Lipinski definition) is 5. The van der Waals surface area contributed by atoms with Crippen molar-refractivity contribution in [3.63, 3.8) is 0 Å². The van der Waals surface area contributed by atoms with Gasteiger partial charge in [0.1, 0.15) is 25.4 Å². The van der Waals surface area contributed by atoms with Crippen LogP contribution in [0.3, 0.4) is 0 Å². The number of amides is 2. The maximum atomic E-state index is 12.7. The van der Waals surface area contributed by atoms with E-state index >= 15 is 0 Å². The van der Waals surface area contributed by atoms with E-state index < -0.39 is 48.9 Å². The number of carbonyl (C=O) groups is 4. The summed E-state index contributed by atoms with van der Waals surface area (Å²) in [6.07, 6.45) is -1.44. The number of alkyl carbamates (subject to hydrolysis) is 1. The minimum Gasteiger partial charge on any atom is -0.481 e. The molecular weight excluding hydrogens is 407 g/mol. The van der Waals surface area contributed by atoms with Crippen LogP contribution in [-0.4, -0.2) is 47.6 Å². The standard InChI is InChI=1S/C19H24ClFN2O6/c1-11(2)6-15(18(27)22-14(8-17(25)26)16(24)9-21)23-19(28)29-10-12-4-3-5-13(20)7-12/h3-5,7,11,14-15H,6,8-10H2,1-2H3,(H,22,27)(H,23,28)(H,25,26)/t14?,15-/m0/s1. The van der Waals surface area contributed by atoms with E-state index in [0.29, 0.717) is 10.6 Å². The van der Waals surface area contributed by atoms with E-state index in [1.54, 1.807) is 38.1 Å². The lowest BCUT2D eigenvalue weighted by molar-refractivity contribution is -0.140. The van der Waals surface area contributed by atoms with Crippen molar-refractivity contribution in [3.05, 3.63) is 34.9 Å². The van der Waals surface area contributed by atoms with E-state index in [4.69, 9.17) is 21.4 Å². The molecule has 2 amide bonds. The number of carbonyl (C=O) groups excluding carboxylic acids is 3. The van der Waals surface area contributed by atoms with Crippen LogP contribution in [0.5, 0.6) is 0 Å². The molecule has 0 bridgehead atoms. The van der Waals surface area contributed by atoms with Crippen LogP contribution in [0, 0.1) is 5.92 Å². The Kier molecular flexibility index (Phi) is 10.1. The van der Waals surface area contributed by atoms with Gasteiger partial charge in [-0.05, 0) is 30.0 Å². The van der Waals surface area contributed by atoms with Crippen LogP contribution in [0.15, 0.2) is 24.3 Å². The number of alkyl halides is 1. The summed E-state index contributed by atoms with van der Waals surface area (Å²) in [6, 6.07) is 4.07. The number of rotatable bonds is 11. The van der Waals surface area contributed by atoms with Crippen LogP contribution in [0.2, 0.25) is 5.02 Å². The average Bonchev–Trinajstić information content (AvgIpc) is 2.64. The molecule has 1 rings (SSSR count). The zero-order valence-electron chi connectivity index (χ0n) is 16.1. The summed E-state index contributed by atoms with van der Waals surface area (Å²) in [5.41, 5.74) is 0.646. The van der Waals surface area contributed by atoms with E-state index in [2.05, 4.69) is 10.6 Å². The second-order valence-corrected chi connectivity index (χ2v) is 7.23. The summed E-state index contributed by atoms with van der Waals surface area (Å²) < 4.78 is 17.7. The first-order chi connectivity index (χ1) is 13.6. The molecular formula is C19H24ClFN2O6. The van der Waals surface area contributed by atoms with Gasteiger partial charge in [0, 0.05) is 5.02 Å². The summed E-state index contributed by atoms with van der Waals surface area (Å²) in [7, 11) is 0. The van der Waals surface area contributed by atoms with E-state index in [1.807, 2.05) is 0 Å². The number of nitrogens with one attached hydrogen (secondary N) is 2. The molecule has 0 aliphatic rings. The Balaban J connectivity index is 2.75. The van der Waals surface area contributed by atoms with Crippen LogP contribution >= 0.6 is 11.6 Å². The molecule has 0 spiro atoms. The predicted molar refractivity (Wildman–Crippen MR) is 103 cm³/mol. The maximum absolute atomic E-state index is 12.7. The first-order valence-electron chi connectivity index (χ1n) is 8.91. The number of aliphatic carboxylic acids is 1. The summed E-state index contributed by atoms with van der Waals surface area (Å²) in [5.74, 6) is -3.25. The van der Waals surface area contributed by atoms with E-state index in [0.717, 1.165) is 0 Å². The van der Waals surface area contributed by atoms with Crippen molar-refractivity contribution in [2.24, 2.45) is 5.92 Å². The molecule has 0 aromatic heterocycles. The number of benzene rings is 1. The molecule has 0 saturated heterocycles. The zero-order chi connectivity index (χ0) is 22.0. The lowest BCUT2D eigenvalue weighted by Gasteiger charge is -2.22. The predicted octanol–water partition coefficient (Wildman–Crippen LogP) is 2.48. The fourth-order valence-electron chi connectivity index (χ4n) is 2.45. The minimum absolute atomic E-state index is 0.0196. The second kappa shape index (κ2) is 12.0. The van der Waals surface area contributed by atoms with Gasteiger partial charge < -0.3 is 20.5 Å². The molecule has 29 heavy (non-hydrogen) atoms. The molecule has 0 heterocycles. The normalized spacial score (nSPS) is 12.7. The van der Waals surface area contributed by atoms with E-state index in [1.165, 1.54) is 0 Å². The lowest BCUT2D eigenvalue weighted by atomic mass is 10.0. The van der Waals surface area contributed by atoms with Crippen LogP contribution in [0.25, 0.3) is 0 Å². The lowest BCUT2D eigenvalue weighted by Crippen LogP contribution is -2.52. The Bertz CT molecular complexity index is 743. The number of halogens is 2. The summed E-state index contributed by atoms with van der Waals surface area (Å²) in [4.78, 5) is 47.0. The fraction of sp³-hybridized carbons (Fsp3) is 0.474. The van der Waals surface area contributed by atoms with Gasteiger partial charge in [-0.1, -0.05) is 37.6 Å². The van der Waals surface area contributed by atoms with E-state index in [-0.39, 0.29) is 18.9 Å². The van der Waals surface area contributed by atoms with Gasteiger partial charge in [-0.25, -0.2) is 9.18 Å². The van der Waals surface area contributed by atoms with Gasteiger partial charge in [0.2, 0.25) is 5.91 Å². The van der Waals surface area contributed by atoms with Crippen LogP contribution in [-0.2, 0) is 25.7 Å². The molecule has 3 N–H and O–H groups in total. The molecule has 0 saturated carbocycles. The first-order valence-corrected chi connectivity index (χ1v) is 9.28. The molecule has 0 radical (unpaired) electrons. The van der Waals surface area contributed by atoms with Gasteiger partial charge in [0.05, 0.1) is 6.42 Å². The number of ketones is 1. The largest absolute Gasteiger partial charge is 0.481 e. The van der Waals surface area contributed by atoms with Crippen molar-refractivity contribution in [2.75, 3.05) is 6.67 Å². The fourth-order valence-corrected chi connectivity index (χ4v) is 2.66. The first kappa shape index (κ1) is 24.4. The van der Waals surface area contributed by atoms with Crippen molar-refractivity contribution in [1.29, 1.82) is 0 Å². The van der Waals surface area contributed by atoms with Gasteiger partial charge >= 0.3 is 12.1 Å². The van der Waals surface area contributed by atoms with Gasteiger partial charge in [0.15, 0.2) is 5.78 Å². The molecule has 1 unspecified atom stereocenters. The van der Waals surface area contributed by atoms with Gasteiger partial charge in [-0.15, -0.1) is 0 Å². The Hall–Kier alpha value is -2.68. The minimum atomic E-state index is -1.52. The maximum Gasteiger partial charge on any atom is 0.408 e. The highest BCUT2D eigenvalue weighted by Crippen LogP contribution is 2.12. The topological polar surface area (TPSA) is 122 Å². The van der Waals surface area contributed by atoms with Gasteiger partial charge in [-0.3, -0.25) is 14.4 Å². The molecule has 1 aromatic rings. The van der Waals surface area contributed by atoms with Crippen LogP contribution < -0.4 is 10.6 Å². The Morgan fingerprint density at radius 2 is 1.86 bits per heavy atom. The summed E-state index contributed by atoms with van der Waals surface area (Å²) >= 11 is 5.86. The molecule has 0 aliphatic heterocycles. The smallest absolute Gasteiger partial charge is 0.408 e. The highest BCUT2D eigenvalue weighted by molar-refractivity contribution is 6.30. The monoisotopic (exact) mass is 430 g/mol. The molecule has 1 aromatic carbocycles. The zero-order valence-corrected chi connectivity index (χ0v) is 16.9. The van der Waals surface area contributed by atoms with Gasteiger partial charge in [0.25, 0.3) is 0 Å². The number of carboxylic acid groups (broad SMARTS) is 1. The van der Waals surface area contributed by atoms with Gasteiger partial charge in [-0.2, -0.15) is 0 Å². The van der Waals surface area contributed by atoms with Crippen LogP contribution in [0.4, 0.5) is 9.18 Å². The molecule has 160 valence electrons. The Morgan fingerprint density at radius 1 is 1.17 bits per heavy atom. The molecule has 0 fully saturated rings. The molecule has 2 atom stereocenters. The third-order valence-electron chi connectivity index (χ3n) is 3.79. The van der Waals surface area contributed by atoms with Crippen molar-refractivity contribution in [3.8, 4) is 0 Å². The number of hydrogen-bond donors (Lipinski definition) is 3. The Labute approximate surface area is 172 Å². The third-order valence-corrected chi connectivity index (χ3v) is 4.03. The van der Waals surface area contributed by atoms with Crippen molar-refractivity contribution in [1.82, 2.24) is 10.6 Å². The summed E-state index contributed by atoms with van der Waals surface area (Å²) in [5, 5.41) is 13.9. The third kappa shape index (κ3) is 9.38. The molecule has 10 heteroatoms. The molecule has 0 aliphatic carbocycles. The number of ether oxygens (including phenoxy) is 1. The van der Waals surface area contributed by atoms with Crippen molar-refractivity contribution in [2.45, 2.75) is 45.4 Å². The average molecular weight is 431 g/mol. The Morgan fingerprint density at radius 3 is 2.41 bits per heavy atom. The van der Waals surface area contributed by atoms with Crippen LogP contribution in [0.1, 0.15) is 32.3 Å². The highest BCUT2D eigenvalue weighted by Gasteiger charge is 2.29. The second-order valence-electron chi connectivity index (χ2n) is 6.79. The highest BCUT2D eigenvalue weighted by atomic mass is 35.5.